The van der Waals surface area contributed by atoms with Crippen molar-refractivity contribution in [3.05, 3.63) is 29.8 Å². The lowest BCUT2D eigenvalue weighted by molar-refractivity contribution is -0.158. The van der Waals surface area contributed by atoms with E-state index in [-0.39, 0.29) is 12.3 Å². The third-order valence-electron chi connectivity index (χ3n) is 3.25. The molecule has 1 atom stereocenters. The molecule has 17 heavy (non-hydrogen) atoms. The van der Waals surface area contributed by atoms with E-state index in [4.69, 9.17) is 4.74 Å². The molecule has 1 aromatic carbocycles. The molecule has 2 aliphatic rings. The standard InChI is InChI=1S/C12H9NO4/c1-13-8-5-3-2-4-7(8)12(11(13)16)6-9(14)10(15)17-12/h2-5H,6H2,1H3. The van der Waals surface area contributed by atoms with Crippen LogP contribution in [0.3, 0.4) is 0 Å². The first-order chi connectivity index (χ1) is 8.06. The number of ether oxygens (including phenoxy) is 1. The third kappa shape index (κ3) is 1.06. The Balaban J connectivity index is 2.23. The number of para-hydroxylation sites is 1. The number of rotatable bonds is 0. The highest BCUT2D eigenvalue weighted by Gasteiger charge is 2.59. The number of ketones is 1. The molecule has 86 valence electrons. The van der Waals surface area contributed by atoms with Crippen LogP contribution in [0.5, 0.6) is 0 Å². The Morgan fingerprint density at radius 3 is 2.59 bits per heavy atom. The van der Waals surface area contributed by atoms with Gasteiger partial charge in [0.25, 0.3) is 5.91 Å². The molecule has 0 aromatic heterocycles. The Bertz CT molecular complexity index is 547. The number of hydrogen-bond donors (Lipinski definition) is 0. The summed E-state index contributed by atoms with van der Waals surface area (Å²) in [5.41, 5.74) is -0.147. The largest absolute Gasteiger partial charge is 0.438 e. The highest BCUT2D eigenvalue weighted by Crippen LogP contribution is 2.46. The fraction of sp³-hybridized carbons (Fsp3) is 0.250. The van der Waals surface area contributed by atoms with Crippen LogP contribution in [0.25, 0.3) is 0 Å². The molecule has 5 heteroatoms. The maximum atomic E-state index is 12.2. The maximum Gasteiger partial charge on any atom is 0.376 e. The predicted molar refractivity (Wildman–Crippen MR) is 57.2 cm³/mol. The second-order valence-electron chi connectivity index (χ2n) is 4.20. The second kappa shape index (κ2) is 2.94. The van der Waals surface area contributed by atoms with Crippen molar-refractivity contribution in [2.24, 2.45) is 0 Å². The number of likely N-dealkylation sites (N-methyl/N-ethyl adjacent to an activating group) is 1. The normalized spacial score (nSPS) is 26.6. The van der Waals surface area contributed by atoms with Crippen LogP contribution in [-0.4, -0.2) is 24.7 Å². The van der Waals surface area contributed by atoms with Crippen molar-refractivity contribution >= 4 is 23.3 Å². The van der Waals surface area contributed by atoms with Gasteiger partial charge in [-0.05, 0) is 6.07 Å². The summed E-state index contributed by atoms with van der Waals surface area (Å²) in [7, 11) is 1.60. The van der Waals surface area contributed by atoms with Crippen molar-refractivity contribution < 1.29 is 19.1 Å². The van der Waals surface area contributed by atoms with Gasteiger partial charge in [0, 0.05) is 12.6 Å². The van der Waals surface area contributed by atoms with Crippen molar-refractivity contribution in [2.45, 2.75) is 12.0 Å². The Morgan fingerprint density at radius 1 is 1.24 bits per heavy atom. The summed E-state index contributed by atoms with van der Waals surface area (Å²) in [5, 5.41) is 0. The van der Waals surface area contributed by atoms with Crippen molar-refractivity contribution in [2.75, 3.05) is 11.9 Å². The van der Waals surface area contributed by atoms with Crippen molar-refractivity contribution in [3.63, 3.8) is 0 Å². The molecule has 0 bridgehead atoms. The van der Waals surface area contributed by atoms with Gasteiger partial charge in [-0.25, -0.2) is 4.79 Å². The lowest BCUT2D eigenvalue weighted by Gasteiger charge is -2.19. The molecule has 1 fully saturated rings. The summed E-state index contributed by atoms with van der Waals surface area (Å²) >= 11 is 0. The molecule has 5 nitrogen and oxygen atoms in total. The molecule has 2 aliphatic heterocycles. The summed E-state index contributed by atoms with van der Waals surface area (Å²) in [6.07, 6.45) is -0.202. The topological polar surface area (TPSA) is 63.7 Å². The average Bonchev–Trinajstić information content (AvgIpc) is 2.73. The van der Waals surface area contributed by atoms with Crippen LogP contribution in [-0.2, 0) is 24.7 Å². The number of carbonyl (C=O) groups excluding carboxylic acids is 3. The summed E-state index contributed by atoms with van der Waals surface area (Å²) in [6, 6.07) is 7.02. The zero-order chi connectivity index (χ0) is 12.2. The van der Waals surface area contributed by atoms with Gasteiger partial charge >= 0.3 is 5.97 Å². The van der Waals surface area contributed by atoms with Gasteiger partial charge in [-0.2, -0.15) is 0 Å². The Hall–Kier alpha value is -2.17. The number of benzene rings is 1. The molecular formula is C12H9NO4. The van der Waals surface area contributed by atoms with Crippen LogP contribution >= 0.6 is 0 Å². The van der Waals surface area contributed by atoms with E-state index in [1.807, 2.05) is 0 Å². The number of nitrogens with zero attached hydrogens (tertiary/aromatic N) is 1. The number of anilines is 1. The monoisotopic (exact) mass is 231 g/mol. The SMILES string of the molecule is CN1C(=O)C2(CC(=O)C(=O)O2)c2ccccc21. The second-order valence-corrected chi connectivity index (χ2v) is 4.20. The lowest BCUT2D eigenvalue weighted by atomic mass is 9.92. The zero-order valence-electron chi connectivity index (χ0n) is 9.10. The van der Waals surface area contributed by atoms with Crippen molar-refractivity contribution in [3.8, 4) is 0 Å². The quantitative estimate of drug-likeness (QED) is 0.478. The number of fused-ring (bicyclic) bond motifs is 2. The van der Waals surface area contributed by atoms with Gasteiger partial charge in [0.1, 0.15) is 0 Å². The molecule has 0 saturated carbocycles. The van der Waals surface area contributed by atoms with Crippen LogP contribution in [0, 0.1) is 0 Å². The molecule has 1 unspecified atom stereocenters. The number of esters is 1. The minimum atomic E-state index is -1.42. The number of carbonyl (C=O) groups is 3. The first kappa shape index (κ1) is 10.0. The maximum absolute atomic E-state index is 12.2. The van der Waals surface area contributed by atoms with Gasteiger partial charge in [0.05, 0.1) is 12.1 Å². The van der Waals surface area contributed by atoms with E-state index in [9.17, 15) is 14.4 Å². The van der Waals surface area contributed by atoms with Crippen LogP contribution in [0.4, 0.5) is 5.69 Å². The van der Waals surface area contributed by atoms with E-state index in [0.717, 1.165) is 0 Å². The van der Waals surface area contributed by atoms with E-state index in [1.54, 1.807) is 31.3 Å². The molecule has 1 saturated heterocycles. The summed E-state index contributed by atoms with van der Waals surface area (Å²) in [6.45, 7) is 0. The first-order valence-corrected chi connectivity index (χ1v) is 5.20. The van der Waals surface area contributed by atoms with E-state index in [1.165, 1.54) is 4.90 Å². The van der Waals surface area contributed by atoms with Crippen LogP contribution in [0.2, 0.25) is 0 Å². The molecule has 0 aliphatic carbocycles. The highest BCUT2D eigenvalue weighted by atomic mass is 16.6. The number of Topliss-reactive ketones (excluding diaryl/α,β-unsaturated/α-hetero) is 1. The van der Waals surface area contributed by atoms with Crippen LogP contribution < -0.4 is 4.90 Å². The van der Waals surface area contributed by atoms with Crippen LogP contribution in [0.1, 0.15) is 12.0 Å². The van der Waals surface area contributed by atoms with Gasteiger partial charge in [0.15, 0.2) is 0 Å². The van der Waals surface area contributed by atoms with Crippen molar-refractivity contribution in [1.29, 1.82) is 0 Å². The Labute approximate surface area is 97.0 Å². The fourth-order valence-electron chi connectivity index (χ4n) is 2.42. The fourth-order valence-corrected chi connectivity index (χ4v) is 2.42. The van der Waals surface area contributed by atoms with Crippen molar-refractivity contribution in [1.82, 2.24) is 0 Å². The molecule has 1 amide bonds. The van der Waals surface area contributed by atoms with Crippen LogP contribution in [0.15, 0.2) is 24.3 Å². The van der Waals surface area contributed by atoms with Gasteiger partial charge in [-0.3, -0.25) is 9.59 Å². The molecule has 1 aromatic rings. The Kier molecular flexibility index (Phi) is 1.73. The molecular weight excluding hydrogens is 222 g/mol. The third-order valence-corrected chi connectivity index (χ3v) is 3.25. The summed E-state index contributed by atoms with van der Waals surface area (Å²) in [4.78, 5) is 36.2. The molecule has 0 radical (unpaired) electrons. The lowest BCUT2D eigenvalue weighted by Crippen LogP contribution is -2.38. The van der Waals surface area contributed by atoms with Gasteiger partial charge in [-0.1, -0.05) is 18.2 Å². The molecule has 2 heterocycles. The molecule has 1 spiro atoms. The smallest absolute Gasteiger partial charge is 0.376 e. The number of hydrogen-bond acceptors (Lipinski definition) is 4. The first-order valence-electron chi connectivity index (χ1n) is 5.20. The van der Waals surface area contributed by atoms with E-state index < -0.39 is 17.4 Å². The summed E-state index contributed by atoms with van der Waals surface area (Å²) < 4.78 is 5.05. The zero-order valence-corrected chi connectivity index (χ0v) is 9.10. The predicted octanol–water partition coefficient (Wildman–Crippen LogP) is 0.374. The highest BCUT2D eigenvalue weighted by molar-refractivity contribution is 6.37. The average molecular weight is 231 g/mol. The van der Waals surface area contributed by atoms with E-state index in [0.29, 0.717) is 11.3 Å². The van der Waals surface area contributed by atoms with E-state index >= 15 is 0 Å². The summed E-state index contributed by atoms with van der Waals surface area (Å²) in [5.74, 6) is -1.94. The van der Waals surface area contributed by atoms with E-state index in [2.05, 4.69) is 0 Å². The molecule has 3 rings (SSSR count). The molecule has 0 N–H and O–H groups in total. The minimum absolute atomic E-state index is 0.202. The Morgan fingerprint density at radius 2 is 1.94 bits per heavy atom. The van der Waals surface area contributed by atoms with Gasteiger partial charge in [0.2, 0.25) is 11.4 Å². The minimum Gasteiger partial charge on any atom is -0.438 e. The number of amides is 1. The van der Waals surface area contributed by atoms with Gasteiger partial charge in [-0.15, -0.1) is 0 Å². The van der Waals surface area contributed by atoms with Gasteiger partial charge < -0.3 is 9.64 Å².